The second-order valence-corrected chi connectivity index (χ2v) is 7.97. The van der Waals surface area contributed by atoms with E-state index in [0.717, 1.165) is 16.7 Å². The number of halogens is 1. The number of amides is 2. The summed E-state index contributed by atoms with van der Waals surface area (Å²) in [6.45, 7) is 2.10. The van der Waals surface area contributed by atoms with Gasteiger partial charge in [0, 0.05) is 11.6 Å². The number of hydrogen-bond donors (Lipinski definition) is 0. The van der Waals surface area contributed by atoms with Crippen molar-refractivity contribution >= 4 is 50.6 Å². The zero-order chi connectivity index (χ0) is 21.8. The van der Waals surface area contributed by atoms with Crippen LogP contribution in [0.2, 0.25) is 0 Å². The minimum Gasteiger partial charge on any atom is -0.492 e. The van der Waals surface area contributed by atoms with Crippen molar-refractivity contribution in [3.8, 4) is 11.5 Å². The van der Waals surface area contributed by atoms with E-state index >= 15 is 0 Å². The number of methoxy groups -OCH3 is 1. The highest BCUT2D eigenvalue weighted by atomic mass is 79.9. The topological polar surface area (TPSA) is 99.0 Å². The summed E-state index contributed by atoms with van der Waals surface area (Å²) in [7, 11) is 1.52. The molecule has 0 atom stereocenters. The molecule has 0 unspecified atom stereocenters. The van der Waals surface area contributed by atoms with Crippen LogP contribution in [-0.2, 0) is 11.3 Å². The van der Waals surface area contributed by atoms with Gasteiger partial charge in [-0.25, -0.2) is 0 Å². The summed E-state index contributed by atoms with van der Waals surface area (Å²) in [5.74, 6) is 0.520. The van der Waals surface area contributed by atoms with Crippen molar-refractivity contribution in [1.82, 2.24) is 4.90 Å². The second-order valence-electron chi connectivity index (χ2n) is 6.12. The fourth-order valence-corrected chi connectivity index (χ4v) is 4.37. The number of rotatable bonds is 7. The molecule has 2 aromatic carbocycles. The monoisotopic (exact) mass is 492 g/mol. The normalized spacial score (nSPS) is 15.0. The predicted molar refractivity (Wildman–Crippen MR) is 116 cm³/mol. The van der Waals surface area contributed by atoms with Gasteiger partial charge in [0.2, 0.25) is 0 Å². The number of hydrogen-bond acceptors (Lipinski definition) is 7. The van der Waals surface area contributed by atoms with Gasteiger partial charge < -0.3 is 9.47 Å². The molecule has 1 saturated heterocycles. The third-order valence-corrected chi connectivity index (χ3v) is 5.72. The van der Waals surface area contributed by atoms with Crippen LogP contribution >= 0.6 is 27.7 Å². The fourth-order valence-electron chi connectivity index (χ4n) is 2.91. The molecule has 8 nitrogen and oxygen atoms in total. The highest BCUT2D eigenvalue weighted by molar-refractivity contribution is 9.10. The number of nitrogens with zero attached hydrogens (tertiary/aromatic N) is 2. The fraction of sp³-hybridized carbons (Fsp3) is 0.200. The third kappa shape index (κ3) is 4.49. The number of carbonyl (C=O) groups excluding carboxylic acids is 2. The molecule has 0 saturated carbocycles. The van der Waals surface area contributed by atoms with E-state index in [9.17, 15) is 19.7 Å². The minimum absolute atomic E-state index is 0.138. The Morgan fingerprint density at radius 3 is 2.67 bits per heavy atom. The van der Waals surface area contributed by atoms with Crippen molar-refractivity contribution in [3.63, 3.8) is 0 Å². The van der Waals surface area contributed by atoms with Crippen molar-refractivity contribution in [2.75, 3.05) is 13.7 Å². The molecule has 0 aromatic heterocycles. The lowest BCUT2D eigenvalue weighted by atomic mass is 10.1. The van der Waals surface area contributed by atoms with E-state index < -0.39 is 16.1 Å². The van der Waals surface area contributed by atoms with Gasteiger partial charge in [-0.3, -0.25) is 24.6 Å². The van der Waals surface area contributed by atoms with E-state index in [-0.39, 0.29) is 22.7 Å². The zero-order valence-corrected chi connectivity index (χ0v) is 18.5. The highest BCUT2D eigenvalue weighted by Crippen LogP contribution is 2.39. The van der Waals surface area contributed by atoms with Crippen molar-refractivity contribution in [3.05, 3.63) is 67.0 Å². The van der Waals surface area contributed by atoms with Gasteiger partial charge in [0.15, 0.2) is 11.5 Å². The van der Waals surface area contributed by atoms with Gasteiger partial charge in [0.1, 0.15) is 0 Å². The molecule has 0 N–H and O–H groups in total. The van der Waals surface area contributed by atoms with E-state index in [2.05, 4.69) is 15.9 Å². The summed E-state index contributed by atoms with van der Waals surface area (Å²) in [4.78, 5) is 37.1. The van der Waals surface area contributed by atoms with E-state index in [1.54, 1.807) is 24.3 Å². The van der Waals surface area contributed by atoms with Crippen LogP contribution in [0.3, 0.4) is 0 Å². The summed E-state index contributed by atoms with van der Waals surface area (Å²) in [5.41, 5.74) is 0.792. The van der Waals surface area contributed by atoms with Crippen LogP contribution in [-0.4, -0.2) is 34.7 Å². The Morgan fingerprint density at radius 1 is 1.27 bits per heavy atom. The molecule has 1 heterocycles. The Labute approximate surface area is 185 Å². The average Bonchev–Trinajstić information content (AvgIpc) is 2.96. The lowest BCUT2D eigenvalue weighted by molar-refractivity contribution is -0.385. The number of nitro benzene ring substituents is 1. The van der Waals surface area contributed by atoms with Crippen LogP contribution in [0.15, 0.2) is 45.8 Å². The molecule has 1 aliphatic rings. The number of imide groups is 1. The maximum atomic E-state index is 12.8. The van der Waals surface area contributed by atoms with Crippen LogP contribution in [0.5, 0.6) is 11.5 Å². The molecule has 10 heteroatoms. The number of nitro groups is 1. The number of benzene rings is 2. The standard InChI is InChI=1S/C20H17BrN2O6S/c1-3-29-16-9-12(8-14(21)18(16)28-2)10-17-19(24)22(20(25)30-17)11-13-6-4-5-7-15(13)23(26)27/h4-10H,3,11H2,1-2H3/b17-10+. The average molecular weight is 493 g/mol. The number of carbonyl (C=O) groups is 2. The van der Waals surface area contributed by atoms with Gasteiger partial charge in [0.25, 0.3) is 16.8 Å². The first-order valence-corrected chi connectivity index (χ1v) is 10.4. The molecule has 3 rings (SSSR count). The van der Waals surface area contributed by atoms with Crippen molar-refractivity contribution < 1.29 is 24.0 Å². The molecule has 1 fully saturated rings. The molecule has 0 radical (unpaired) electrons. The summed E-state index contributed by atoms with van der Waals surface area (Å²) in [6, 6.07) is 9.49. The summed E-state index contributed by atoms with van der Waals surface area (Å²) >= 11 is 4.20. The minimum atomic E-state index is -0.533. The first kappa shape index (κ1) is 21.8. The zero-order valence-electron chi connectivity index (χ0n) is 16.1. The molecule has 1 aliphatic heterocycles. The second kappa shape index (κ2) is 9.31. The maximum Gasteiger partial charge on any atom is 0.293 e. The summed E-state index contributed by atoms with van der Waals surface area (Å²) in [5, 5.41) is 10.7. The van der Waals surface area contributed by atoms with Gasteiger partial charge in [-0.2, -0.15) is 0 Å². The Bertz CT molecular complexity index is 1060. The first-order chi connectivity index (χ1) is 14.3. The lowest BCUT2D eigenvalue weighted by Crippen LogP contribution is -2.27. The maximum absolute atomic E-state index is 12.8. The SMILES string of the molecule is CCOc1cc(/C=C2/SC(=O)N(Cc3ccccc3[N+](=O)[O-])C2=O)cc(Br)c1OC. The van der Waals surface area contributed by atoms with Gasteiger partial charge >= 0.3 is 0 Å². The number of ether oxygens (including phenoxy) is 2. The molecule has 2 amide bonds. The quantitative estimate of drug-likeness (QED) is 0.304. The van der Waals surface area contributed by atoms with Crippen molar-refractivity contribution in [2.45, 2.75) is 13.5 Å². The molecule has 30 heavy (non-hydrogen) atoms. The molecule has 0 bridgehead atoms. The van der Waals surface area contributed by atoms with Crippen molar-refractivity contribution in [2.24, 2.45) is 0 Å². The molecular weight excluding hydrogens is 476 g/mol. The third-order valence-electron chi connectivity index (χ3n) is 4.22. The van der Waals surface area contributed by atoms with Crippen LogP contribution in [0.25, 0.3) is 6.08 Å². The van der Waals surface area contributed by atoms with Crippen LogP contribution < -0.4 is 9.47 Å². The molecule has 2 aromatic rings. The van der Waals surface area contributed by atoms with Gasteiger partial charge in [-0.05, 0) is 58.4 Å². The number of para-hydroxylation sites is 1. The summed E-state index contributed by atoms with van der Waals surface area (Å²) < 4.78 is 11.5. The van der Waals surface area contributed by atoms with Crippen molar-refractivity contribution in [1.29, 1.82) is 0 Å². The van der Waals surface area contributed by atoms with E-state index in [4.69, 9.17) is 9.47 Å². The number of thioether (sulfide) groups is 1. The van der Waals surface area contributed by atoms with Crippen LogP contribution in [0.4, 0.5) is 10.5 Å². The van der Waals surface area contributed by atoms with Crippen LogP contribution in [0, 0.1) is 10.1 Å². The first-order valence-electron chi connectivity index (χ1n) is 8.83. The predicted octanol–water partition coefficient (Wildman–Crippen LogP) is 5.00. The molecular formula is C20H17BrN2O6S. The Morgan fingerprint density at radius 2 is 2.00 bits per heavy atom. The van der Waals surface area contributed by atoms with E-state index in [1.807, 2.05) is 6.92 Å². The van der Waals surface area contributed by atoms with Crippen LogP contribution in [0.1, 0.15) is 18.1 Å². The molecule has 0 aliphatic carbocycles. The largest absolute Gasteiger partial charge is 0.492 e. The Balaban J connectivity index is 1.90. The van der Waals surface area contributed by atoms with E-state index in [1.165, 1.54) is 25.3 Å². The molecule has 0 spiro atoms. The highest BCUT2D eigenvalue weighted by Gasteiger charge is 2.36. The van der Waals surface area contributed by atoms with Gasteiger partial charge in [0.05, 0.1) is 34.6 Å². The molecule has 156 valence electrons. The smallest absolute Gasteiger partial charge is 0.293 e. The van der Waals surface area contributed by atoms with E-state index in [0.29, 0.717) is 28.1 Å². The Hall–Kier alpha value is -2.85. The Kier molecular flexibility index (Phi) is 6.78. The lowest BCUT2D eigenvalue weighted by Gasteiger charge is -2.13. The summed E-state index contributed by atoms with van der Waals surface area (Å²) in [6.07, 6.45) is 1.58. The van der Waals surface area contributed by atoms with Gasteiger partial charge in [-0.1, -0.05) is 18.2 Å². The van der Waals surface area contributed by atoms with Gasteiger partial charge in [-0.15, -0.1) is 0 Å².